The number of Topliss-reactive ketones (excluding diaryl/α,β-unsaturated/α-hetero) is 2. The summed E-state index contributed by atoms with van der Waals surface area (Å²) in [6.07, 6.45) is 4.96. The Bertz CT molecular complexity index is 2360. The Morgan fingerprint density at radius 2 is 1.16 bits per heavy atom. The summed E-state index contributed by atoms with van der Waals surface area (Å²) in [5, 5.41) is 47.9. The molecule has 8 rings (SSSR count). The predicted molar refractivity (Wildman–Crippen MR) is 248 cm³/mol. The summed E-state index contributed by atoms with van der Waals surface area (Å²) >= 11 is 0. The SMILES string of the molecule is CCC(OCCC(C)(C)OC(=O)OCC(=O)[C@@]1(O)[C@H](C)C[C@H]2[C@@H]3CCC4=CC(=O)C=C[C@]4(C)[C@@]3(F)[C@@H](O)C[C@@]21C)C(=O)OCC(=O)[C@@]1(O)[C@H](C)C[C@H]2[C@@H]3CCC4=CC(=O)C=C[C@]4(C)[C@@]3(F)[C@@H](O)C[C@@]21C. The molecule has 4 N–H and O–H groups in total. The molecule has 0 amide bonds. The first-order valence-corrected chi connectivity index (χ1v) is 25.2. The van der Waals surface area contributed by atoms with Crippen LogP contribution in [-0.4, -0.2) is 122 Å². The van der Waals surface area contributed by atoms with Crippen molar-refractivity contribution >= 4 is 35.3 Å². The second kappa shape index (κ2) is 17.3. The third kappa shape index (κ3) is 7.20. The molecule has 0 saturated heterocycles. The van der Waals surface area contributed by atoms with Crippen LogP contribution in [0.25, 0.3) is 0 Å². The normalized spacial score (nSPS) is 45.1. The number of ketones is 4. The minimum absolute atomic E-state index is 0.0436. The number of allylic oxidation sites excluding steroid dienone is 8. The number of halogens is 2. The van der Waals surface area contributed by atoms with Crippen LogP contribution in [0.15, 0.2) is 47.6 Å². The lowest BCUT2D eigenvalue weighted by atomic mass is 9.44. The van der Waals surface area contributed by atoms with E-state index in [0.29, 0.717) is 43.3 Å². The number of aliphatic hydroxyl groups is 4. The summed E-state index contributed by atoms with van der Waals surface area (Å²) in [6.45, 7) is 13.2. The molecule has 0 aromatic rings. The zero-order chi connectivity index (χ0) is 51.6. The van der Waals surface area contributed by atoms with E-state index >= 15 is 8.78 Å². The zero-order valence-electron chi connectivity index (χ0n) is 42.0. The van der Waals surface area contributed by atoms with E-state index in [9.17, 15) is 49.2 Å². The van der Waals surface area contributed by atoms with Gasteiger partial charge in [0.15, 0.2) is 42.2 Å². The van der Waals surface area contributed by atoms with Gasteiger partial charge in [-0.05, 0) is 133 Å². The van der Waals surface area contributed by atoms with Gasteiger partial charge in [-0.25, -0.2) is 18.4 Å². The van der Waals surface area contributed by atoms with E-state index in [4.69, 9.17) is 18.9 Å². The largest absolute Gasteiger partial charge is 0.509 e. The van der Waals surface area contributed by atoms with Gasteiger partial charge in [0.25, 0.3) is 0 Å². The van der Waals surface area contributed by atoms with Gasteiger partial charge in [-0.2, -0.15) is 0 Å². The van der Waals surface area contributed by atoms with Gasteiger partial charge in [0.05, 0.1) is 18.8 Å². The van der Waals surface area contributed by atoms with Gasteiger partial charge >= 0.3 is 12.1 Å². The lowest BCUT2D eigenvalue weighted by Crippen LogP contribution is -2.69. The lowest BCUT2D eigenvalue weighted by Gasteiger charge is -2.62. The maximum Gasteiger partial charge on any atom is 0.509 e. The van der Waals surface area contributed by atoms with E-state index < -0.39 is 141 Å². The van der Waals surface area contributed by atoms with Gasteiger partial charge in [-0.3, -0.25) is 19.2 Å². The number of rotatable bonds is 13. The number of carbonyl (C=O) groups is 6. The van der Waals surface area contributed by atoms with Crippen molar-refractivity contribution in [3.63, 3.8) is 0 Å². The van der Waals surface area contributed by atoms with Crippen LogP contribution < -0.4 is 0 Å². The number of hydrogen-bond donors (Lipinski definition) is 4. The number of alkyl halides is 2. The lowest BCUT2D eigenvalue weighted by molar-refractivity contribution is -0.220. The first kappa shape index (κ1) is 52.4. The van der Waals surface area contributed by atoms with Gasteiger partial charge in [-0.15, -0.1) is 0 Å². The highest BCUT2D eigenvalue weighted by atomic mass is 19.1. The van der Waals surface area contributed by atoms with Gasteiger partial charge in [0, 0.05) is 39.9 Å². The highest BCUT2D eigenvalue weighted by molar-refractivity contribution is 6.02. The van der Waals surface area contributed by atoms with Crippen molar-refractivity contribution in [3.05, 3.63) is 47.6 Å². The Hall–Kier alpha value is -3.96. The molecule has 8 aliphatic carbocycles. The molecule has 0 aromatic heterocycles. The number of hydrogen-bond acceptors (Lipinski definition) is 14. The van der Waals surface area contributed by atoms with Crippen molar-refractivity contribution in [2.24, 2.45) is 57.2 Å². The summed E-state index contributed by atoms with van der Waals surface area (Å²) in [6, 6.07) is 0. The van der Waals surface area contributed by atoms with E-state index in [1.54, 1.807) is 74.5 Å². The second-order valence-corrected chi connectivity index (χ2v) is 23.7. The molecule has 0 bridgehead atoms. The van der Waals surface area contributed by atoms with Gasteiger partial charge in [0.1, 0.15) is 16.8 Å². The van der Waals surface area contributed by atoms with Crippen molar-refractivity contribution in [3.8, 4) is 0 Å². The first-order valence-electron chi connectivity index (χ1n) is 25.2. The van der Waals surface area contributed by atoms with Crippen LogP contribution >= 0.6 is 0 Å². The van der Waals surface area contributed by atoms with E-state index in [2.05, 4.69) is 0 Å². The molecule has 0 aliphatic heterocycles. The third-order valence-electron chi connectivity index (χ3n) is 20.0. The quantitative estimate of drug-likeness (QED) is 0.145. The fourth-order valence-corrected chi connectivity index (χ4v) is 16.0. The molecule has 386 valence electrons. The van der Waals surface area contributed by atoms with Crippen LogP contribution in [0.5, 0.6) is 0 Å². The molecule has 0 radical (unpaired) electrons. The van der Waals surface area contributed by atoms with E-state index in [-0.39, 0.29) is 50.3 Å². The Morgan fingerprint density at radius 1 is 0.729 bits per heavy atom. The van der Waals surface area contributed by atoms with Crippen molar-refractivity contribution in [2.75, 3.05) is 19.8 Å². The number of ether oxygens (including phenoxy) is 4. The van der Waals surface area contributed by atoms with Crippen LogP contribution in [0.2, 0.25) is 0 Å². The summed E-state index contributed by atoms with van der Waals surface area (Å²) in [4.78, 5) is 78.9. The molecular weight excluding hydrogens is 911 g/mol. The summed E-state index contributed by atoms with van der Waals surface area (Å²) in [7, 11) is 0. The molecule has 1 unspecified atom stereocenters. The Kier molecular flexibility index (Phi) is 13.0. The summed E-state index contributed by atoms with van der Waals surface area (Å²) in [5.41, 5.74) is -13.4. The number of aliphatic hydroxyl groups excluding tert-OH is 2. The minimum atomic E-state index is -2.15. The topological polar surface area (TPSA) is 220 Å². The molecule has 6 fully saturated rings. The Labute approximate surface area is 408 Å². The number of carbonyl (C=O) groups excluding carboxylic acids is 6. The van der Waals surface area contributed by atoms with Crippen LogP contribution in [0, 0.1) is 57.2 Å². The van der Waals surface area contributed by atoms with Gasteiger partial charge in [-0.1, -0.05) is 57.9 Å². The summed E-state index contributed by atoms with van der Waals surface area (Å²) in [5.74, 6) is -6.69. The van der Waals surface area contributed by atoms with Crippen LogP contribution in [0.1, 0.15) is 127 Å². The van der Waals surface area contributed by atoms with Crippen molar-refractivity contribution < 1.29 is 76.9 Å². The fraction of sp³-hybridized carbons (Fsp3) is 0.741. The minimum Gasteiger partial charge on any atom is -0.456 e. The van der Waals surface area contributed by atoms with E-state index in [1.165, 1.54) is 24.3 Å². The molecule has 16 heteroatoms. The second-order valence-electron chi connectivity index (χ2n) is 23.7. The van der Waals surface area contributed by atoms with Crippen LogP contribution in [0.3, 0.4) is 0 Å². The molecule has 17 atom stereocenters. The van der Waals surface area contributed by atoms with Crippen molar-refractivity contribution in [1.82, 2.24) is 0 Å². The average Bonchev–Trinajstić information content (AvgIpc) is 3.62. The third-order valence-corrected chi connectivity index (χ3v) is 20.0. The zero-order valence-corrected chi connectivity index (χ0v) is 42.0. The van der Waals surface area contributed by atoms with Crippen LogP contribution in [-0.2, 0) is 42.9 Å². The highest BCUT2D eigenvalue weighted by Gasteiger charge is 2.77. The smallest absolute Gasteiger partial charge is 0.456 e. The fourth-order valence-electron chi connectivity index (χ4n) is 16.0. The van der Waals surface area contributed by atoms with Crippen LogP contribution in [0.4, 0.5) is 13.6 Å². The number of fused-ring (bicyclic) bond motifs is 10. The predicted octanol–water partition coefficient (Wildman–Crippen LogP) is 6.48. The van der Waals surface area contributed by atoms with Gasteiger partial charge < -0.3 is 39.4 Å². The van der Waals surface area contributed by atoms with Crippen molar-refractivity contribution in [2.45, 2.75) is 173 Å². The van der Waals surface area contributed by atoms with Gasteiger partial charge in [0.2, 0.25) is 11.6 Å². The molecule has 0 heterocycles. The standard InChI is InChI=1S/C54H72F2O14/c1-10-39(44(63)68-27-42(61)53(65)29(2)21-37-35-13-11-31-23-33(57)15-17-47(31,6)51(35,55)40(59)25-49(37,53)8)67-20-19-46(4,5)70-45(64)69-28-43(62)54(66)30(3)22-38-36-14-12-32-24-34(58)16-18-48(32,7)52(36,56)41(60)26-50(38,54)9/h15-18,23-24,29-30,35-41,59-60,65-66H,10-14,19-22,25-28H2,1-9H3/t29-,30-,35+,36+,37+,38+,39?,40+,41+,47+,48+,49+,50+,51+,52+,53+,54+/m1/s1. The van der Waals surface area contributed by atoms with E-state index in [0.717, 1.165) is 0 Å². The molecule has 6 saturated carbocycles. The van der Waals surface area contributed by atoms with Crippen molar-refractivity contribution in [1.29, 1.82) is 0 Å². The molecule has 8 aliphatic rings. The first-order chi connectivity index (χ1) is 32.5. The molecule has 70 heavy (non-hydrogen) atoms. The number of esters is 1. The average molecular weight is 983 g/mol. The molecule has 0 spiro atoms. The molecule has 0 aromatic carbocycles. The highest BCUT2D eigenvalue weighted by Crippen LogP contribution is 2.72. The molecule has 14 nitrogen and oxygen atoms in total. The Balaban J connectivity index is 0.830. The Morgan fingerprint density at radius 3 is 1.59 bits per heavy atom. The summed E-state index contributed by atoms with van der Waals surface area (Å²) < 4.78 is 57.3. The maximum absolute atomic E-state index is 17.6. The van der Waals surface area contributed by atoms with E-state index in [1.807, 2.05) is 0 Å². The monoisotopic (exact) mass is 982 g/mol. The molecular formula is C54H72F2O14. The maximum atomic E-state index is 17.6.